The molecule has 1 aromatic heterocycles. The first-order chi connectivity index (χ1) is 8.70. The van der Waals surface area contributed by atoms with Crippen molar-refractivity contribution >= 4 is 17.5 Å². The van der Waals surface area contributed by atoms with E-state index in [4.69, 9.17) is 31.3 Å². The highest BCUT2D eigenvalue weighted by Gasteiger charge is 2.24. The van der Waals surface area contributed by atoms with Gasteiger partial charge in [-0.05, 0) is 6.42 Å². The first-order valence-electron chi connectivity index (χ1n) is 5.54. The lowest BCUT2D eigenvalue weighted by Gasteiger charge is -2.10. The highest BCUT2D eigenvalue weighted by atomic mass is 35.5. The van der Waals surface area contributed by atoms with Crippen molar-refractivity contribution in [1.82, 2.24) is 5.16 Å². The average molecular weight is 267 g/mol. The minimum absolute atomic E-state index is 0.211. The largest absolute Gasteiger partial charge is 0.454 e. The van der Waals surface area contributed by atoms with Gasteiger partial charge in [-0.25, -0.2) is 0 Å². The minimum atomic E-state index is 0.211. The molecule has 1 aliphatic rings. The van der Waals surface area contributed by atoms with Gasteiger partial charge in [0, 0.05) is 23.3 Å². The summed E-state index contributed by atoms with van der Waals surface area (Å²) < 4.78 is 15.7. The zero-order valence-electron chi connectivity index (χ0n) is 9.70. The maximum atomic E-state index is 6.28. The SMILES string of the molecule is CCc1c2c(cc(Cl)c1-c1cc(N)on1)OCO2. The number of aromatic nitrogens is 1. The molecule has 0 saturated carbocycles. The molecular weight excluding hydrogens is 256 g/mol. The third kappa shape index (κ3) is 1.59. The van der Waals surface area contributed by atoms with Crippen molar-refractivity contribution in [2.75, 3.05) is 12.5 Å². The Morgan fingerprint density at radius 1 is 1.39 bits per heavy atom. The summed E-state index contributed by atoms with van der Waals surface area (Å²) in [5.41, 5.74) is 7.88. The molecule has 2 aromatic rings. The predicted octanol–water partition coefficient (Wildman–Crippen LogP) is 2.87. The third-order valence-corrected chi connectivity index (χ3v) is 3.15. The van der Waals surface area contributed by atoms with E-state index in [0.717, 1.165) is 23.3 Å². The average Bonchev–Trinajstić information content (AvgIpc) is 2.95. The van der Waals surface area contributed by atoms with Crippen LogP contribution < -0.4 is 15.2 Å². The van der Waals surface area contributed by atoms with Gasteiger partial charge in [-0.2, -0.15) is 0 Å². The summed E-state index contributed by atoms with van der Waals surface area (Å²) in [5.74, 6) is 1.64. The van der Waals surface area contributed by atoms with Crippen LogP contribution in [0.15, 0.2) is 16.7 Å². The van der Waals surface area contributed by atoms with Gasteiger partial charge in [0.2, 0.25) is 12.7 Å². The van der Waals surface area contributed by atoms with Gasteiger partial charge in [0.15, 0.2) is 11.5 Å². The number of fused-ring (bicyclic) bond motifs is 1. The standard InChI is InChI=1S/C12H11ClN2O3/c1-2-6-11(8-4-10(14)18-15-8)7(13)3-9-12(6)17-5-16-9/h3-4H,2,5,14H2,1H3. The van der Waals surface area contributed by atoms with Crippen LogP contribution in [0.5, 0.6) is 11.5 Å². The van der Waals surface area contributed by atoms with Crippen LogP contribution in [-0.4, -0.2) is 11.9 Å². The Labute approximate surface area is 108 Å². The fourth-order valence-corrected chi connectivity index (χ4v) is 2.41. The first-order valence-corrected chi connectivity index (χ1v) is 5.92. The highest BCUT2D eigenvalue weighted by molar-refractivity contribution is 6.33. The summed E-state index contributed by atoms with van der Waals surface area (Å²) in [7, 11) is 0. The number of nitrogens with two attached hydrogens (primary N) is 1. The molecule has 0 spiro atoms. The van der Waals surface area contributed by atoms with Gasteiger partial charge in [0.05, 0.1) is 5.02 Å². The molecule has 2 heterocycles. The van der Waals surface area contributed by atoms with Crippen molar-refractivity contribution in [2.24, 2.45) is 0 Å². The predicted molar refractivity (Wildman–Crippen MR) is 66.9 cm³/mol. The minimum Gasteiger partial charge on any atom is -0.454 e. The molecule has 0 saturated heterocycles. The van der Waals surface area contributed by atoms with Crippen molar-refractivity contribution in [1.29, 1.82) is 0 Å². The Balaban J connectivity index is 2.25. The summed E-state index contributed by atoms with van der Waals surface area (Å²) in [6.45, 7) is 2.23. The normalized spacial score (nSPS) is 13.0. The maximum absolute atomic E-state index is 6.28. The van der Waals surface area contributed by atoms with Crippen LogP contribution in [0.3, 0.4) is 0 Å². The molecule has 3 rings (SSSR count). The number of benzene rings is 1. The molecule has 1 aromatic carbocycles. The second-order valence-corrected chi connectivity index (χ2v) is 4.32. The molecule has 6 heteroatoms. The molecule has 0 unspecified atom stereocenters. The highest BCUT2D eigenvalue weighted by Crippen LogP contribution is 2.45. The molecule has 0 aliphatic carbocycles. The number of nitrogen functional groups attached to an aromatic ring is 1. The molecular formula is C12H11ClN2O3. The quantitative estimate of drug-likeness (QED) is 0.905. The van der Waals surface area contributed by atoms with E-state index in [1.807, 2.05) is 6.92 Å². The number of rotatable bonds is 2. The molecule has 1 aliphatic heterocycles. The summed E-state index contributed by atoms with van der Waals surface area (Å²) in [6.07, 6.45) is 0.744. The molecule has 0 amide bonds. The van der Waals surface area contributed by atoms with Gasteiger partial charge in [-0.15, -0.1) is 0 Å². The Morgan fingerprint density at radius 2 is 2.22 bits per heavy atom. The van der Waals surface area contributed by atoms with Gasteiger partial charge < -0.3 is 19.7 Å². The van der Waals surface area contributed by atoms with E-state index in [2.05, 4.69) is 5.16 Å². The van der Waals surface area contributed by atoms with E-state index < -0.39 is 0 Å². The summed E-state index contributed by atoms with van der Waals surface area (Å²) in [5, 5.41) is 4.45. The molecule has 0 radical (unpaired) electrons. The Morgan fingerprint density at radius 3 is 2.89 bits per heavy atom. The van der Waals surface area contributed by atoms with Crippen molar-refractivity contribution in [3.05, 3.63) is 22.7 Å². The van der Waals surface area contributed by atoms with E-state index >= 15 is 0 Å². The fourth-order valence-electron chi connectivity index (χ4n) is 2.10. The number of hydrogen-bond acceptors (Lipinski definition) is 5. The molecule has 0 bridgehead atoms. The summed E-state index contributed by atoms with van der Waals surface area (Å²) >= 11 is 6.28. The Bertz CT molecular complexity index is 610. The number of ether oxygens (including phenoxy) is 2. The van der Waals surface area contributed by atoms with E-state index in [9.17, 15) is 0 Å². The number of hydrogen-bond donors (Lipinski definition) is 1. The van der Waals surface area contributed by atoms with Crippen LogP contribution in [0.2, 0.25) is 5.02 Å². The van der Waals surface area contributed by atoms with Gasteiger partial charge in [0.1, 0.15) is 5.69 Å². The van der Waals surface area contributed by atoms with E-state index in [1.165, 1.54) is 0 Å². The summed E-state index contributed by atoms with van der Waals surface area (Å²) in [4.78, 5) is 0. The number of halogens is 1. The monoisotopic (exact) mass is 266 g/mol. The topological polar surface area (TPSA) is 70.5 Å². The number of nitrogens with zero attached hydrogens (tertiary/aromatic N) is 1. The second kappa shape index (κ2) is 4.10. The smallest absolute Gasteiger partial charge is 0.231 e. The maximum Gasteiger partial charge on any atom is 0.231 e. The van der Waals surface area contributed by atoms with Crippen molar-refractivity contribution in [3.8, 4) is 22.8 Å². The number of anilines is 1. The van der Waals surface area contributed by atoms with Gasteiger partial charge in [-0.1, -0.05) is 23.7 Å². The molecule has 18 heavy (non-hydrogen) atoms. The molecule has 5 nitrogen and oxygen atoms in total. The van der Waals surface area contributed by atoms with E-state index in [-0.39, 0.29) is 12.7 Å². The Hall–Kier alpha value is -1.88. The zero-order valence-corrected chi connectivity index (χ0v) is 10.5. The van der Waals surface area contributed by atoms with Crippen LogP contribution in [0.4, 0.5) is 5.88 Å². The molecule has 2 N–H and O–H groups in total. The first kappa shape index (κ1) is 11.2. The lowest BCUT2D eigenvalue weighted by atomic mass is 10.0. The van der Waals surface area contributed by atoms with Crippen LogP contribution in [0.1, 0.15) is 12.5 Å². The third-order valence-electron chi connectivity index (χ3n) is 2.85. The van der Waals surface area contributed by atoms with E-state index in [1.54, 1.807) is 12.1 Å². The molecule has 94 valence electrons. The van der Waals surface area contributed by atoms with E-state index in [0.29, 0.717) is 16.5 Å². The van der Waals surface area contributed by atoms with Crippen LogP contribution in [0, 0.1) is 0 Å². The fraction of sp³-hybridized carbons (Fsp3) is 0.250. The van der Waals surface area contributed by atoms with Crippen molar-refractivity contribution in [2.45, 2.75) is 13.3 Å². The Kier molecular flexibility index (Phi) is 2.56. The lowest BCUT2D eigenvalue weighted by molar-refractivity contribution is 0.173. The molecule has 0 atom stereocenters. The van der Waals surface area contributed by atoms with Crippen molar-refractivity contribution < 1.29 is 14.0 Å². The van der Waals surface area contributed by atoms with Gasteiger partial charge in [-0.3, -0.25) is 0 Å². The zero-order chi connectivity index (χ0) is 12.7. The molecule has 0 fully saturated rings. The van der Waals surface area contributed by atoms with Crippen molar-refractivity contribution in [3.63, 3.8) is 0 Å². The van der Waals surface area contributed by atoms with Gasteiger partial charge in [0.25, 0.3) is 0 Å². The summed E-state index contributed by atoms with van der Waals surface area (Å²) in [6, 6.07) is 3.37. The van der Waals surface area contributed by atoms with Crippen LogP contribution in [-0.2, 0) is 6.42 Å². The van der Waals surface area contributed by atoms with Crippen LogP contribution in [0.25, 0.3) is 11.3 Å². The lowest BCUT2D eigenvalue weighted by Crippen LogP contribution is -1.95. The van der Waals surface area contributed by atoms with Crippen LogP contribution >= 0.6 is 11.6 Å². The second-order valence-electron chi connectivity index (χ2n) is 3.91. The van der Waals surface area contributed by atoms with Gasteiger partial charge >= 0.3 is 0 Å².